The van der Waals surface area contributed by atoms with Gasteiger partial charge in [-0.05, 0) is 31.0 Å². The molecule has 0 saturated heterocycles. The zero-order valence-corrected chi connectivity index (χ0v) is 12.0. The SMILES string of the molecule is CC(C)n1cc(OCCc2ccc3c(c2)CCO3)cn1. The third kappa shape index (κ3) is 2.79. The van der Waals surface area contributed by atoms with Gasteiger partial charge in [-0.15, -0.1) is 0 Å². The van der Waals surface area contributed by atoms with E-state index in [0.29, 0.717) is 12.6 Å². The van der Waals surface area contributed by atoms with Crippen molar-refractivity contribution in [3.63, 3.8) is 0 Å². The molecule has 4 heteroatoms. The van der Waals surface area contributed by atoms with Crippen molar-refractivity contribution in [3.05, 3.63) is 41.7 Å². The number of hydrogen-bond acceptors (Lipinski definition) is 3. The Hall–Kier alpha value is -1.97. The van der Waals surface area contributed by atoms with Gasteiger partial charge >= 0.3 is 0 Å². The molecule has 1 aromatic carbocycles. The molecule has 0 aliphatic carbocycles. The number of nitrogens with zero attached hydrogens (tertiary/aromatic N) is 2. The highest BCUT2D eigenvalue weighted by atomic mass is 16.5. The minimum atomic E-state index is 0.365. The molecule has 0 radical (unpaired) electrons. The Bertz CT molecular complexity index is 590. The summed E-state index contributed by atoms with van der Waals surface area (Å²) in [6.45, 7) is 5.68. The van der Waals surface area contributed by atoms with E-state index in [1.807, 2.05) is 10.9 Å². The van der Waals surface area contributed by atoms with Crippen LogP contribution in [0.4, 0.5) is 0 Å². The summed E-state index contributed by atoms with van der Waals surface area (Å²) in [6.07, 6.45) is 5.64. The van der Waals surface area contributed by atoms with Crippen LogP contribution in [-0.2, 0) is 12.8 Å². The summed E-state index contributed by atoms with van der Waals surface area (Å²) in [5, 5.41) is 4.26. The highest BCUT2D eigenvalue weighted by Crippen LogP contribution is 2.26. The molecule has 2 aromatic rings. The molecule has 0 saturated carbocycles. The lowest BCUT2D eigenvalue weighted by Gasteiger charge is -2.06. The molecule has 0 bridgehead atoms. The normalized spacial score (nSPS) is 13.3. The van der Waals surface area contributed by atoms with Gasteiger partial charge in [-0.1, -0.05) is 12.1 Å². The third-order valence-corrected chi connectivity index (χ3v) is 3.52. The van der Waals surface area contributed by atoms with Gasteiger partial charge in [-0.3, -0.25) is 4.68 Å². The maximum Gasteiger partial charge on any atom is 0.157 e. The van der Waals surface area contributed by atoms with Gasteiger partial charge in [-0.25, -0.2) is 0 Å². The summed E-state index contributed by atoms with van der Waals surface area (Å²) >= 11 is 0. The van der Waals surface area contributed by atoms with Crippen molar-refractivity contribution in [2.45, 2.75) is 32.7 Å². The molecule has 1 aromatic heterocycles. The molecule has 1 aliphatic heterocycles. The fourth-order valence-corrected chi connectivity index (χ4v) is 2.36. The van der Waals surface area contributed by atoms with Crippen molar-refractivity contribution in [1.29, 1.82) is 0 Å². The van der Waals surface area contributed by atoms with E-state index in [1.165, 1.54) is 11.1 Å². The third-order valence-electron chi connectivity index (χ3n) is 3.52. The molecular weight excluding hydrogens is 252 g/mol. The Labute approximate surface area is 119 Å². The van der Waals surface area contributed by atoms with Gasteiger partial charge in [0.05, 0.1) is 25.6 Å². The molecular formula is C16H20N2O2. The van der Waals surface area contributed by atoms with Crippen molar-refractivity contribution in [2.75, 3.05) is 13.2 Å². The quantitative estimate of drug-likeness (QED) is 0.839. The predicted molar refractivity (Wildman–Crippen MR) is 77.5 cm³/mol. The molecule has 2 heterocycles. The lowest BCUT2D eigenvalue weighted by molar-refractivity contribution is 0.321. The van der Waals surface area contributed by atoms with Crippen LogP contribution < -0.4 is 9.47 Å². The predicted octanol–water partition coefficient (Wildman–Crippen LogP) is 3.02. The molecule has 1 aliphatic rings. The first kappa shape index (κ1) is 13.0. The van der Waals surface area contributed by atoms with E-state index >= 15 is 0 Å². The highest BCUT2D eigenvalue weighted by Gasteiger charge is 2.11. The van der Waals surface area contributed by atoms with Crippen molar-refractivity contribution in [2.24, 2.45) is 0 Å². The first-order valence-electron chi connectivity index (χ1n) is 7.14. The van der Waals surface area contributed by atoms with Crippen LogP contribution in [-0.4, -0.2) is 23.0 Å². The number of fused-ring (bicyclic) bond motifs is 1. The van der Waals surface area contributed by atoms with E-state index in [2.05, 4.69) is 37.1 Å². The standard InChI is InChI=1S/C16H20N2O2/c1-12(2)18-11-15(10-17-18)19-7-5-13-3-4-16-14(9-13)6-8-20-16/h3-4,9-12H,5-8H2,1-2H3. The fraction of sp³-hybridized carbons (Fsp3) is 0.438. The van der Waals surface area contributed by atoms with Gasteiger partial charge < -0.3 is 9.47 Å². The fourth-order valence-electron chi connectivity index (χ4n) is 2.36. The summed E-state index contributed by atoms with van der Waals surface area (Å²) in [5.74, 6) is 1.87. The van der Waals surface area contributed by atoms with E-state index in [-0.39, 0.29) is 0 Å². The number of rotatable bonds is 5. The molecule has 3 rings (SSSR count). The van der Waals surface area contributed by atoms with E-state index in [1.54, 1.807) is 6.20 Å². The van der Waals surface area contributed by atoms with Crippen LogP contribution in [0.3, 0.4) is 0 Å². The minimum Gasteiger partial charge on any atom is -0.493 e. The molecule has 0 unspecified atom stereocenters. The van der Waals surface area contributed by atoms with Crippen LogP contribution in [0, 0.1) is 0 Å². The zero-order valence-electron chi connectivity index (χ0n) is 12.0. The first-order chi connectivity index (χ1) is 9.72. The Morgan fingerprint density at radius 2 is 2.30 bits per heavy atom. The number of ether oxygens (including phenoxy) is 2. The second-order valence-electron chi connectivity index (χ2n) is 5.39. The lowest BCUT2D eigenvalue weighted by Crippen LogP contribution is -2.02. The molecule has 0 atom stereocenters. The number of hydrogen-bond donors (Lipinski definition) is 0. The van der Waals surface area contributed by atoms with Crippen LogP contribution in [0.1, 0.15) is 31.0 Å². The molecule has 106 valence electrons. The van der Waals surface area contributed by atoms with E-state index < -0.39 is 0 Å². The lowest BCUT2D eigenvalue weighted by atomic mass is 10.1. The molecule has 0 spiro atoms. The number of aromatic nitrogens is 2. The Balaban J connectivity index is 1.54. The van der Waals surface area contributed by atoms with Crippen LogP contribution in [0.2, 0.25) is 0 Å². The van der Waals surface area contributed by atoms with Crippen molar-refractivity contribution >= 4 is 0 Å². The maximum atomic E-state index is 5.75. The van der Waals surface area contributed by atoms with Crippen molar-refractivity contribution in [3.8, 4) is 11.5 Å². The largest absolute Gasteiger partial charge is 0.493 e. The Morgan fingerprint density at radius 3 is 3.10 bits per heavy atom. The molecule has 20 heavy (non-hydrogen) atoms. The minimum absolute atomic E-state index is 0.365. The molecule has 0 fully saturated rings. The van der Waals surface area contributed by atoms with Crippen LogP contribution in [0.15, 0.2) is 30.6 Å². The Kier molecular flexibility index (Phi) is 3.63. The summed E-state index contributed by atoms with van der Waals surface area (Å²) < 4.78 is 13.2. The maximum absolute atomic E-state index is 5.75. The van der Waals surface area contributed by atoms with Gasteiger partial charge in [0.1, 0.15) is 5.75 Å². The monoisotopic (exact) mass is 272 g/mol. The van der Waals surface area contributed by atoms with Crippen LogP contribution >= 0.6 is 0 Å². The summed E-state index contributed by atoms with van der Waals surface area (Å²) in [4.78, 5) is 0. The first-order valence-corrected chi connectivity index (χ1v) is 7.14. The van der Waals surface area contributed by atoms with Gasteiger partial charge in [0, 0.05) is 18.9 Å². The average molecular weight is 272 g/mol. The highest BCUT2D eigenvalue weighted by molar-refractivity contribution is 5.39. The topological polar surface area (TPSA) is 36.3 Å². The average Bonchev–Trinajstić information content (AvgIpc) is 3.06. The van der Waals surface area contributed by atoms with E-state index in [4.69, 9.17) is 9.47 Å². The summed E-state index contributed by atoms with van der Waals surface area (Å²) in [7, 11) is 0. The van der Waals surface area contributed by atoms with E-state index in [0.717, 1.165) is 30.9 Å². The summed E-state index contributed by atoms with van der Waals surface area (Å²) in [6, 6.07) is 6.77. The van der Waals surface area contributed by atoms with Gasteiger partial charge in [0.25, 0.3) is 0 Å². The molecule has 0 amide bonds. The van der Waals surface area contributed by atoms with Gasteiger partial charge in [0.15, 0.2) is 5.75 Å². The number of benzene rings is 1. The van der Waals surface area contributed by atoms with Gasteiger partial charge in [-0.2, -0.15) is 5.10 Å². The molecule has 0 N–H and O–H groups in total. The van der Waals surface area contributed by atoms with Crippen LogP contribution in [0.25, 0.3) is 0 Å². The smallest absolute Gasteiger partial charge is 0.157 e. The summed E-state index contributed by atoms with van der Waals surface area (Å²) in [5.41, 5.74) is 2.61. The van der Waals surface area contributed by atoms with Gasteiger partial charge in [0.2, 0.25) is 0 Å². The van der Waals surface area contributed by atoms with E-state index in [9.17, 15) is 0 Å². The second kappa shape index (κ2) is 5.57. The Morgan fingerprint density at radius 1 is 1.40 bits per heavy atom. The van der Waals surface area contributed by atoms with Crippen molar-refractivity contribution < 1.29 is 9.47 Å². The second-order valence-corrected chi connectivity index (χ2v) is 5.39. The van der Waals surface area contributed by atoms with Crippen molar-refractivity contribution in [1.82, 2.24) is 9.78 Å². The molecule has 4 nitrogen and oxygen atoms in total. The van der Waals surface area contributed by atoms with Crippen LogP contribution in [0.5, 0.6) is 11.5 Å². The zero-order chi connectivity index (χ0) is 13.9.